The number of carbonyl (C=O) groups is 1. The van der Waals surface area contributed by atoms with Gasteiger partial charge in [0.15, 0.2) is 0 Å². The van der Waals surface area contributed by atoms with Gasteiger partial charge in [0.25, 0.3) is 0 Å². The average Bonchev–Trinajstić information content (AvgIpc) is 2.16. The van der Waals surface area contributed by atoms with Crippen molar-refractivity contribution >= 4 is 5.97 Å². The van der Waals surface area contributed by atoms with Gasteiger partial charge in [0.05, 0.1) is 11.5 Å². The fraction of sp³-hybridized carbons (Fsp3) is 0.200. The summed E-state index contributed by atoms with van der Waals surface area (Å²) in [6.45, 7) is 1.46. The van der Waals surface area contributed by atoms with E-state index in [1.165, 1.54) is 19.1 Å². The Hall–Kier alpha value is -1.89. The molecule has 0 spiro atoms. The normalized spacial score (nSPS) is 11.8. The number of carboxylic acids is 1. The molecule has 1 N–H and O–H groups in total. The van der Waals surface area contributed by atoms with E-state index in [1.54, 1.807) is 6.07 Å². The van der Waals surface area contributed by atoms with Crippen LogP contribution in [0, 0.1) is 17.1 Å². The standard InChI is InChI=1S/C10H8FNO2/c1-6(10(13)14)7-2-3-8(5-12)9(11)4-7/h2-4,6H,1H3,(H,13,14). The molecule has 0 radical (unpaired) electrons. The average molecular weight is 193 g/mol. The molecule has 0 saturated carbocycles. The molecule has 1 unspecified atom stereocenters. The smallest absolute Gasteiger partial charge is 0.310 e. The van der Waals surface area contributed by atoms with Gasteiger partial charge in [-0.3, -0.25) is 4.79 Å². The molecule has 72 valence electrons. The van der Waals surface area contributed by atoms with Crippen LogP contribution in [0.1, 0.15) is 24.0 Å². The maximum absolute atomic E-state index is 13.1. The van der Waals surface area contributed by atoms with Crippen molar-refractivity contribution in [3.05, 3.63) is 35.1 Å². The van der Waals surface area contributed by atoms with E-state index in [9.17, 15) is 9.18 Å². The Labute approximate surface area is 80.4 Å². The SMILES string of the molecule is CC(C(=O)O)c1ccc(C#N)c(F)c1. The van der Waals surface area contributed by atoms with Crippen LogP contribution in [0.5, 0.6) is 0 Å². The van der Waals surface area contributed by atoms with Crippen LogP contribution < -0.4 is 0 Å². The minimum atomic E-state index is -1.02. The highest BCUT2D eigenvalue weighted by Crippen LogP contribution is 2.18. The molecule has 0 aliphatic heterocycles. The minimum absolute atomic E-state index is 0.0775. The third kappa shape index (κ3) is 1.88. The van der Waals surface area contributed by atoms with Gasteiger partial charge in [-0.15, -0.1) is 0 Å². The lowest BCUT2D eigenvalue weighted by Crippen LogP contribution is -2.07. The molecule has 1 atom stereocenters. The van der Waals surface area contributed by atoms with E-state index in [-0.39, 0.29) is 5.56 Å². The van der Waals surface area contributed by atoms with E-state index in [1.807, 2.05) is 0 Å². The topological polar surface area (TPSA) is 61.1 Å². The molecule has 0 bridgehead atoms. The molecule has 4 heteroatoms. The van der Waals surface area contributed by atoms with Gasteiger partial charge in [-0.25, -0.2) is 4.39 Å². The fourth-order valence-corrected chi connectivity index (χ4v) is 1.03. The third-order valence-corrected chi connectivity index (χ3v) is 1.98. The van der Waals surface area contributed by atoms with Gasteiger partial charge in [0.2, 0.25) is 0 Å². The predicted molar refractivity (Wildman–Crippen MR) is 47.2 cm³/mol. The summed E-state index contributed by atoms with van der Waals surface area (Å²) in [4.78, 5) is 10.6. The summed E-state index contributed by atoms with van der Waals surface area (Å²) in [5.41, 5.74) is 0.278. The molecule has 0 fully saturated rings. The maximum atomic E-state index is 13.1. The Bertz CT molecular complexity index is 409. The molecule has 0 saturated heterocycles. The van der Waals surface area contributed by atoms with E-state index >= 15 is 0 Å². The van der Waals surface area contributed by atoms with Crippen LogP contribution in [0.3, 0.4) is 0 Å². The third-order valence-electron chi connectivity index (χ3n) is 1.98. The summed E-state index contributed by atoms with van der Waals surface area (Å²) in [6.07, 6.45) is 0. The van der Waals surface area contributed by atoms with Crippen molar-refractivity contribution in [2.45, 2.75) is 12.8 Å². The number of nitriles is 1. The molecule has 3 nitrogen and oxygen atoms in total. The number of nitrogens with zero attached hydrogens (tertiary/aromatic N) is 1. The zero-order chi connectivity index (χ0) is 10.7. The van der Waals surface area contributed by atoms with Gasteiger partial charge in [-0.1, -0.05) is 6.07 Å². The van der Waals surface area contributed by atoms with Gasteiger partial charge in [0.1, 0.15) is 11.9 Å². The summed E-state index contributed by atoms with van der Waals surface area (Å²) >= 11 is 0. The Morgan fingerprint density at radius 2 is 2.29 bits per heavy atom. The van der Waals surface area contributed by atoms with E-state index < -0.39 is 17.7 Å². The zero-order valence-corrected chi connectivity index (χ0v) is 7.49. The van der Waals surface area contributed by atoms with Crippen molar-refractivity contribution in [1.29, 1.82) is 5.26 Å². The van der Waals surface area contributed by atoms with E-state index in [2.05, 4.69) is 0 Å². The maximum Gasteiger partial charge on any atom is 0.310 e. The number of benzene rings is 1. The second-order valence-electron chi connectivity index (χ2n) is 2.91. The van der Waals surface area contributed by atoms with Crippen molar-refractivity contribution in [3.8, 4) is 6.07 Å². The highest BCUT2D eigenvalue weighted by Gasteiger charge is 2.15. The minimum Gasteiger partial charge on any atom is -0.481 e. The predicted octanol–water partition coefficient (Wildman–Crippen LogP) is 1.89. The Morgan fingerprint density at radius 3 is 2.71 bits per heavy atom. The second-order valence-corrected chi connectivity index (χ2v) is 2.91. The van der Waals surface area contributed by atoms with Gasteiger partial charge >= 0.3 is 5.97 Å². The fourth-order valence-electron chi connectivity index (χ4n) is 1.03. The van der Waals surface area contributed by atoms with Crippen molar-refractivity contribution in [1.82, 2.24) is 0 Å². The summed E-state index contributed by atoms with van der Waals surface area (Å²) in [5.74, 6) is -2.47. The number of rotatable bonds is 2. The molecule has 1 aromatic carbocycles. The first-order chi connectivity index (χ1) is 6.56. The number of aliphatic carboxylic acids is 1. The van der Waals surface area contributed by atoms with E-state index in [0.717, 1.165) is 6.07 Å². The first-order valence-electron chi connectivity index (χ1n) is 3.98. The Morgan fingerprint density at radius 1 is 1.64 bits per heavy atom. The Kier molecular flexibility index (Phi) is 2.82. The van der Waals surface area contributed by atoms with Crippen LogP contribution in [-0.4, -0.2) is 11.1 Å². The van der Waals surface area contributed by atoms with Gasteiger partial charge in [0, 0.05) is 0 Å². The first-order valence-corrected chi connectivity index (χ1v) is 3.98. The van der Waals surface area contributed by atoms with Crippen LogP contribution in [0.2, 0.25) is 0 Å². The van der Waals surface area contributed by atoms with Crippen molar-refractivity contribution in [2.75, 3.05) is 0 Å². The molecule has 0 aliphatic rings. The van der Waals surface area contributed by atoms with Crippen molar-refractivity contribution in [3.63, 3.8) is 0 Å². The lowest BCUT2D eigenvalue weighted by molar-refractivity contribution is -0.138. The molecule has 0 aliphatic carbocycles. The molecule has 1 aromatic rings. The van der Waals surface area contributed by atoms with Gasteiger partial charge < -0.3 is 5.11 Å². The van der Waals surface area contributed by atoms with Crippen molar-refractivity contribution in [2.24, 2.45) is 0 Å². The lowest BCUT2D eigenvalue weighted by atomic mass is 10.00. The molecule has 14 heavy (non-hydrogen) atoms. The van der Waals surface area contributed by atoms with E-state index in [0.29, 0.717) is 5.56 Å². The molecular formula is C10H8FNO2. The number of halogens is 1. The summed E-state index contributed by atoms with van der Waals surface area (Å²) in [6, 6.07) is 5.48. The van der Waals surface area contributed by atoms with Crippen LogP contribution >= 0.6 is 0 Å². The first kappa shape index (κ1) is 10.2. The molecule has 0 amide bonds. The lowest BCUT2D eigenvalue weighted by Gasteiger charge is -2.06. The van der Waals surface area contributed by atoms with Crippen molar-refractivity contribution < 1.29 is 14.3 Å². The summed E-state index contributed by atoms with van der Waals surface area (Å²) in [5, 5.41) is 17.1. The monoisotopic (exact) mass is 193 g/mol. The highest BCUT2D eigenvalue weighted by molar-refractivity contribution is 5.75. The number of carboxylic acid groups (broad SMARTS) is 1. The van der Waals surface area contributed by atoms with Crippen LogP contribution in [0.4, 0.5) is 4.39 Å². The largest absolute Gasteiger partial charge is 0.481 e. The van der Waals surface area contributed by atoms with Gasteiger partial charge in [-0.05, 0) is 24.6 Å². The summed E-state index contributed by atoms with van der Waals surface area (Å²) < 4.78 is 13.1. The number of hydrogen-bond acceptors (Lipinski definition) is 2. The second kappa shape index (κ2) is 3.88. The molecule has 0 aromatic heterocycles. The molecular weight excluding hydrogens is 185 g/mol. The van der Waals surface area contributed by atoms with Gasteiger partial charge in [-0.2, -0.15) is 5.26 Å². The van der Waals surface area contributed by atoms with E-state index in [4.69, 9.17) is 10.4 Å². The zero-order valence-electron chi connectivity index (χ0n) is 7.49. The summed E-state index contributed by atoms with van der Waals surface area (Å²) in [7, 11) is 0. The van der Waals surface area contributed by atoms with Crippen LogP contribution in [0.15, 0.2) is 18.2 Å². The quantitative estimate of drug-likeness (QED) is 0.780. The molecule has 1 rings (SSSR count). The molecule has 0 heterocycles. The van der Waals surface area contributed by atoms with Crippen LogP contribution in [0.25, 0.3) is 0 Å². The number of hydrogen-bond donors (Lipinski definition) is 1. The highest BCUT2D eigenvalue weighted by atomic mass is 19.1. The van der Waals surface area contributed by atoms with Crippen LogP contribution in [-0.2, 0) is 4.79 Å². The Balaban J connectivity index is 3.10.